The van der Waals surface area contributed by atoms with Crippen LogP contribution in [0.2, 0.25) is 0 Å². The van der Waals surface area contributed by atoms with E-state index in [4.69, 9.17) is 10.1 Å². The smallest absolute Gasteiger partial charge is 0.220 e. The number of fused-ring (bicyclic) bond motifs is 1. The Morgan fingerprint density at radius 1 is 1.06 bits per heavy atom. The summed E-state index contributed by atoms with van der Waals surface area (Å²) < 4.78 is 15.2. The van der Waals surface area contributed by atoms with Crippen molar-refractivity contribution in [2.24, 2.45) is 0 Å². The van der Waals surface area contributed by atoms with E-state index in [0.29, 0.717) is 18.9 Å². The van der Waals surface area contributed by atoms with Gasteiger partial charge in [0.1, 0.15) is 5.82 Å². The van der Waals surface area contributed by atoms with Crippen molar-refractivity contribution in [3.63, 3.8) is 0 Å². The van der Waals surface area contributed by atoms with Gasteiger partial charge in [0.2, 0.25) is 5.91 Å². The van der Waals surface area contributed by atoms with Gasteiger partial charge in [-0.05, 0) is 63.3 Å². The highest BCUT2D eigenvalue weighted by Crippen LogP contribution is 2.29. The molecule has 0 aliphatic heterocycles. The molecule has 1 fully saturated rings. The lowest BCUT2D eigenvalue weighted by molar-refractivity contribution is -0.121. The molecule has 4 rings (SSSR count). The molecular formula is C25H31FN4O. The molecule has 1 aromatic carbocycles. The van der Waals surface area contributed by atoms with E-state index in [-0.39, 0.29) is 11.7 Å². The number of carbonyl (C=O) groups excluding carboxylic acids is 1. The molecule has 0 atom stereocenters. The fraction of sp³-hybridized carbons (Fsp3) is 0.480. The normalized spacial score (nSPS) is 15.2. The van der Waals surface area contributed by atoms with Gasteiger partial charge in [0.05, 0.1) is 5.69 Å². The third kappa shape index (κ3) is 4.63. The third-order valence-electron chi connectivity index (χ3n) is 6.46. The molecule has 3 aromatic rings. The Labute approximate surface area is 183 Å². The molecule has 1 aliphatic rings. The maximum atomic E-state index is 13.4. The summed E-state index contributed by atoms with van der Waals surface area (Å²) in [7, 11) is 0. The first-order chi connectivity index (χ1) is 14.9. The van der Waals surface area contributed by atoms with Gasteiger partial charge in [0.15, 0.2) is 5.65 Å². The predicted molar refractivity (Wildman–Crippen MR) is 121 cm³/mol. The van der Waals surface area contributed by atoms with Crippen LogP contribution in [0.15, 0.2) is 24.3 Å². The van der Waals surface area contributed by atoms with Gasteiger partial charge in [-0.25, -0.2) is 13.9 Å². The number of amides is 1. The highest BCUT2D eigenvalue weighted by molar-refractivity contribution is 5.80. The van der Waals surface area contributed by atoms with Crippen LogP contribution in [0, 0.1) is 26.6 Å². The first-order valence-corrected chi connectivity index (χ1v) is 11.3. The second kappa shape index (κ2) is 9.16. The summed E-state index contributed by atoms with van der Waals surface area (Å²) in [4.78, 5) is 17.4. The third-order valence-corrected chi connectivity index (χ3v) is 6.46. The van der Waals surface area contributed by atoms with Crippen LogP contribution in [-0.4, -0.2) is 26.5 Å². The molecule has 6 heteroatoms. The molecule has 0 unspecified atom stereocenters. The first-order valence-electron chi connectivity index (χ1n) is 11.3. The molecule has 0 saturated heterocycles. The lowest BCUT2D eigenvalue weighted by Gasteiger charge is -2.17. The Kier molecular flexibility index (Phi) is 6.35. The van der Waals surface area contributed by atoms with Crippen molar-refractivity contribution in [2.75, 3.05) is 0 Å². The molecule has 5 nitrogen and oxygen atoms in total. The van der Waals surface area contributed by atoms with Crippen molar-refractivity contribution in [2.45, 2.75) is 78.2 Å². The Hall–Kier alpha value is -2.76. The topological polar surface area (TPSA) is 59.3 Å². The largest absolute Gasteiger partial charge is 0.353 e. The number of carbonyl (C=O) groups is 1. The van der Waals surface area contributed by atoms with Gasteiger partial charge in [-0.3, -0.25) is 4.79 Å². The molecule has 0 radical (unpaired) electrons. The molecule has 1 amide bonds. The summed E-state index contributed by atoms with van der Waals surface area (Å²) in [5.74, 6) is -0.142. The SMILES string of the molecule is Cc1nc2c(-c3ccc(F)cc3)c(C)nn2c(C)c1CCC(=O)NC1CCCCCC1. The van der Waals surface area contributed by atoms with E-state index in [0.717, 1.165) is 52.3 Å². The van der Waals surface area contributed by atoms with Gasteiger partial charge in [-0.2, -0.15) is 5.10 Å². The standard InChI is InChI=1S/C25H31FN4O/c1-16-22(14-15-23(31)28-21-8-6-4-5-7-9-21)18(3)30-25(27-16)24(17(2)29-30)19-10-12-20(26)13-11-19/h10-13,21H,4-9,14-15H2,1-3H3,(H,28,31). The van der Waals surface area contributed by atoms with Gasteiger partial charge < -0.3 is 5.32 Å². The number of nitrogens with one attached hydrogen (secondary N) is 1. The van der Waals surface area contributed by atoms with Crippen LogP contribution in [0.1, 0.15) is 67.6 Å². The molecule has 0 spiro atoms. The van der Waals surface area contributed by atoms with Crippen LogP contribution in [0.4, 0.5) is 4.39 Å². The fourth-order valence-electron chi connectivity index (χ4n) is 4.75. The van der Waals surface area contributed by atoms with Gasteiger partial charge in [-0.15, -0.1) is 0 Å². The zero-order valence-corrected chi connectivity index (χ0v) is 18.7. The molecular weight excluding hydrogens is 391 g/mol. The predicted octanol–water partition coefficient (Wildman–Crippen LogP) is 5.23. The van der Waals surface area contributed by atoms with E-state index in [9.17, 15) is 9.18 Å². The summed E-state index contributed by atoms with van der Waals surface area (Å²) in [5, 5.41) is 7.94. The number of aromatic nitrogens is 3. The van der Waals surface area contributed by atoms with Crippen molar-refractivity contribution in [3.8, 4) is 11.1 Å². The number of aryl methyl sites for hydroxylation is 3. The second-order valence-electron chi connectivity index (χ2n) is 8.72. The number of hydrogen-bond acceptors (Lipinski definition) is 3. The van der Waals surface area contributed by atoms with E-state index in [1.807, 2.05) is 25.3 Å². The molecule has 1 aliphatic carbocycles. The van der Waals surface area contributed by atoms with E-state index in [2.05, 4.69) is 5.32 Å². The van der Waals surface area contributed by atoms with Crippen LogP contribution in [-0.2, 0) is 11.2 Å². The van der Waals surface area contributed by atoms with Gasteiger partial charge in [0.25, 0.3) is 0 Å². The highest BCUT2D eigenvalue weighted by atomic mass is 19.1. The Bertz CT molecular complexity index is 1080. The van der Waals surface area contributed by atoms with E-state index >= 15 is 0 Å². The molecule has 2 heterocycles. The summed E-state index contributed by atoms with van der Waals surface area (Å²) in [6, 6.07) is 6.76. The zero-order valence-electron chi connectivity index (χ0n) is 18.7. The lowest BCUT2D eigenvalue weighted by atomic mass is 10.0. The first kappa shape index (κ1) is 21.5. The summed E-state index contributed by atoms with van der Waals surface area (Å²) in [6.07, 6.45) is 8.25. The second-order valence-corrected chi connectivity index (χ2v) is 8.72. The van der Waals surface area contributed by atoms with E-state index < -0.39 is 0 Å². The molecule has 31 heavy (non-hydrogen) atoms. The average molecular weight is 423 g/mol. The minimum atomic E-state index is -0.261. The number of nitrogens with zero attached hydrogens (tertiary/aromatic N) is 3. The highest BCUT2D eigenvalue weighted by Gasteiger charge is 2.19. The Balaban J connectivity index is 1.55. The maximum Gasteiger partial charge on any atom is 0.220 e. The molecule has 1 saturated carbocycles. The zero-order chi connectivity index (χ0) is 22.0. The number of hydrogen-bond donors (Lipinski definition) is 1. The molecule has 1 N–H and O–H groups in total. The van der Waals surface area contributed by atoms with Crippen LogP contribution in [0.25, 0.3) is 16.8 Å². The van der Waals surface area contributed by atoms with Gasteiger partial charge in [-0.1, -0.05) is 37.8 Å². The fourth-order valence-corrected chi connectivity index (χ4v) is 4.75. The van der Waals surface area contributed by atoms with E-state index in [1.54, 1.807) is 12.1 Å². The maximum absolute atomic E-state index is 13.4. The molecule has 0 bridgehead atoms. The van der Waals surface area contributed by atoms with Crippen molar-refractivity contribution < 1.29 is 9.18 Å². The Morgan fingerprint density at radius 3 is 2.42 bits per heavy atom. The van der Waals surface area contributed by atoms with Crippen molar-refractivity contribution in [3.05, 3.63) is 52.7 Å². The summed E-state index contributed by atoms with van der Waals surface area (Å²) in [5.41, 5.74) is 6.42. The Morgan fingerprint density at radius 2 is 1.74 bits per heavy atom. The van der Waals surface area contributed by atoms with Crippen LogP contribution in [0.3, 0.4) is 0 Å². The molecule has 164 valence electrons. The van der Waals surface area contributed by atoms with Crippen molar-refractivity contribution in [1.82, 2.24) is 19.9 Å². The average Bonchev–Trinajstić information content (AvgIpc) is 2.89. The summed E-state index contributed by atoms with van der Waals surface area (Å²) in [6.45, 7) is 5.96. The minimum absolute atomic E-state index is 0.120. The van der Waals surface area contributed by atoms with Crippen LogP contribution in [0.5, 0.6) is 0 Å². The summed E-state index contributed by atoms with van der Waals surface area (Å²) >= 11 is 0. The van der Waals surface area contributed by atoms with Crippen molar-refractivity contribution in [1.29, 1.82) is 0 Å². The van der Waals surface area contributed by atoms with E-state index in [1.165, 1.54) is 37.8 Å². The lowest BCUT2D eigenvalue weighted by Crippen LogP contribution is -2.34. The number of rotatable bonds is 5. The monoisotopic (exact) mass is 422 g/mol. The van der Waals surface area contributed by atoms with Crippen LogP contribution < -0.4 is 5.32 Å². The van der Waals surface area contributed by atoms with Gasteiger partial charge in [0, 0.05) is 29.4 Å². The van der Waals surface area contributed by atoms with Crippen molar-refractivity contribution >= 4 is 11.6 Å². The number of halogens is 1. The number of benzene rings is 1. The minimum Gasteiger partial charge on any atom is -0.353 e. The van der Waals surface area contributed by atoms with Crippen LogP contribution >= 0.6 is 0 Å². The quantitative estimate of drug-likeness (QED) is 0.573. The molecule has 2 aromatic heterocycles. The van der Waals surface area contributed by atoms with Gasteiger partial charge >= 0.3 is 0 Å².